The van der Waals surface area contributed by atoms with Crippen molar-refractivity contribution in [3.8, 4) is 0 Å². The molecular weight excluding hydrogens is 229 g/mol. The first-order chi connectivity index (χ1) is 8.66. The van der Waals surface area contributed by atoms with Crippen molar-refractivity contribution in [2.45, 2.75) is 51.2 Å². The fraction of sp³-hybridized carbons (Fsp3) is 0.600. The van der Waals surface area contributed by atoms with Crippen LogP contribution < -0.4 is 5.32 Å². The molecule has 2 atom stereocenters. The van der Waals surface area contributed by atoms with Crippen LogP contribution in [0.15, 0.2) is 18.2 Å². The van der Waals surface area contributed by atoms with Crippen molar-refractivity contribution in [1.82, 2.24) is 5.32 Å². The van der Waals surface area contributed by atoms with Crippen LogP contribution in [-0.2, 0) is 6.42 Å². The molecule has 0 bridgehead atoms. The highest BCUT2D eigenvalue weighted by Gasteiger charge is 2.21. The van der Waals surface area contributed by atoms with Crippen LogP contribution >= 0.6 is 0 Å². The van der Waals surface area contributed by atoms with E-state index in [0.717, 1.165) is 37.8 Å². The lowest BCUT2D eigenvalue weighted by molar-refractivity contribution is 0.0914. The maximum atomic E-state index is 13.0. The van der Waals surface area contributed by atoms with Gasteiger partial charge in [-0.3, -0.25) is 0 Å². The van der Waals surface area contributed by atoms with Crippen molar-refractivity contribution in [2.24, 2.45) is 0 Å². The van der Waals surface area contributed by atoms with Gasteiger partial charge in [-0.1, -0.05) is 18.9 Å². The molecule has 18 heavy (non-hydrogen) atoms. The van der Waals surface area contributed by atoms with Gasteiger partial charge in [0.25, 0.3) is 0 Å². The molecular formula is C15H22FNO. The summed E-state index contributed by atoms with van der Waals surface area (Å²) in [6.07, 6.45) is 4.99. The summed E-state index contributed by atoms with van der Waals surface area (Å²) >= 11 is 0. The maximum absolute atomic E-state index is 13.0. The van der Waals surface area contributed by atoms with E-state index in [1.54, 1.807) is 6.07 Å². The Balaban J connectivity index is 1.81. The molecule has 1 aliphatic rings. The normalized spacial score (nSPS) is 24.2. The Morgan fingerprint density at radius 3 is 2.83 bits per heavy atom. The molecule has 0 aliphatic heterocycles. The maximum Gasteiger partial charge on any atom is 0.123 e. The van der Waals surface area contributed by atoms with Crippen LogP contribution in [-0.4, -0.2) is 23.8 Å². The summed E-state index contributed by atoms with van der Waals surface area (Å²) in [6, 6.07) is 5.17. The van der Waals surface area contributed by atoms with Gasteiger partial charge in [0.2, 0.25) is 0 Å². The Morgan fingerprint density at radius 1 is 1.33 bits per heavy atom. The smallest absolute Gasteiger partial charge is 0.123 e. The van der Waals surface area contributed by atoms with Crippen molar-refractivity contribution in [1.29, 1.82) is 0 Å². The van der Waals surface area contributed by atoms with E-state index in [1.807, 2.05) is 13.0 Å². The van der Waals surface area contributed by atoms with Gasteiger partial charge in [0.1, 0.15) is 5.82 Å². The first-order valence-corrected chi connectivity index (χ1v) is 6.83. The zero-order valence-corrected chi connectivity index (χ0v) is 11.0. The lowest BCUT2D eigenvalue weighted by Crippen LogP contribution is -2.42. The van der Waals surface area contributed by atoms with Crippen LogP contribution in [0.2, 0.25) is 0 Å². The third kappa shape index (κ3) is 3.53. The molecule has 2 rings (SSSR count). The minimum Gasteiger partial charge on any atom is -0.392 e. The summed E-state index contributed by atoms with van der Waals surface area (Å²) in [7, 11) is 0. The average Bonchev–Trinajstić information content (AvgIpc) is 2.34. The van der Waals surface area contributed by atoms with Crippen LogP contribution in [0.1, 0.15) is 36.8 Å². The molecule has 0 heterocycles. The topological polar surface area (TPSA) is 32.3 Å². The molecule has 3 heteroatoms. The molecule has 1 aromatic carbocycles. The van der Waals surface area contributed by atoms with Crippen molar-refractivity contribution in [2.75, 3.05) is 6.54 Å². The second-order valence-corrected chi connectivity index (χ2v) is 5.23. The van der Waals surface area contributed by atoms with Crippen LogP contribution in [0.4, 0.5) is 4.39 Å². The predicted octanol–water partition coefficient (Wildman–Crippen LogP) is 2.57. The lowest BCUT2D eigenvalue weighted by Gasteiger charge is -2.28. The minimum absolute atomic E-state index is 0.174. The Kier molecular flexibility index (Phi) is 4.72. The number of halogens is 1. The van der Waals surface area contributed by atoms with Gasteiger partial charge < -0.3 is 10.4 Å². The Morgan fingerprint density at radius 2 is 2.11 bits per heavy atom. The lowest BCUT2D eigenvalue weighted by atomic mass is 9.92. The zero-order chi connectivity index (χ0) is 13.0. The van der Waals surface area contributed by atoms with Crippen LogP contribution in [0, 0.1) is 12.7 Å². The van der Waals surface area contributed by atoms with Crippen molar-refractivity contribution < 1.29 is 9.50 Å². The predicted molar refractivity (Wildman–Crippen MR) is 71.1 cm³/mol. The van der Waals surface area contributed by atoms with Gasteiger partial charge >= 0.3 is 0 Å². The molecule has 0 aromatic heterocycles. The number of nitrogens with one attached hydrogen (secondary N) is 1. The van der Waals surface area contributed by atoms with Gasteiger partial charge in [0, 0.05) is 6.04 Å². The van der Waals surface area contributed by atoms with E-state index < -0.39 is 0 Å². The van der Waals surface area contributed by atoms with Crippen LogP contribution in [0.3, 0.4) is 0 Å². The SMILES string of the molecule is Cc1cc(F)ccc1CCNC1CCCCC1O. The second kappa shape index (κ2) is 6.30. The van der Waals surface area contributed by atoms with Crippen LogP contribution in [0.25, 0.3) is 0 Å². The number of hydrogen-bond donors (Lipinski definition) is 2. The van der Waals surface area contributed by atoms with Gasteiger partial charge in [0.15, 0.2) is 0 Å². The third-order valence-corrected chi connectivity index (χ3v) is 3.83. The zero-order valence-electron chi connectivity index (χ0n) is 11.0. The highest BCUT2D eigenvalue weighted by atomic mass is 19.1. The molecule has 0 radical (unpaired) electrons. The summed E-state index contributed by atoms with van der Waals surface area (Å²) in [5, 5.41) is 13.3. The minimum atomic E-state index is -0.201. The molecule has 1 saturated carbocycles. The van der Waals surface area contributed by atoms with Crippen molar-refractivity contribution in [3.05, 3.63) is 35.1 Å². The molecule has 2 nitrogen and oxygen atoms in total. The number of benzene rings is 1. The molecule has 0 saturated heterocycles. The number of hydrogen-bond acceptors (Lipinski definition) is 2. The summed E-state index contributed by atoms with van der Waals surface area (Å²) in [5.41, 5.74) is 2.18. The van der Waals surface area contributed by atoms with E-state index in [0.29, 0.717) is 0 Å². The Hall–Kier alpha value is -0.930. The first kappa shape index (κ1) is 13.5. The van der Waals surface area contributed by atoms with E-state index in [2.05, 4.69) is 5.32 Å². The summed E-state index contributed by atoms with van der Waals surface area (Å²) in [4.78, 5) is 0. The summed E-state index contributed by atoms with van der Waals surface area (Å²) in [5.74, 6) is -0.174. The number of rotatable bonds is 4. The summed E-state index contributed by atoms with van der Waals surface area (Å²) < 4.78 is 13.0. The van der Waals surface area contributed by atoms with E-state index in [-0.39, 0.29) is 18.0 Å². The largest absolute Gasteiger partial charge is 0.392 e. The number of aliphatic hydroxyl groups excluding tert-OH is 1. The van der Waals surface area contributed by atoms with Gasteiger partial charge in [-0.25, -0.2) is 4.39 Å². The molecule has 100 valence electrons. The molecule has 0 amide bonds. The van der Waals surface area contributed by atoms with Gasteiger partial charge in [-0.05, 0) is 56.0 Å². The second-order valence-electron chi connectivity index (χ2n) is 5.23. The quantitative estimate of drug-likeness (QED) is 0.862. The monoisotopic (exact) mass is 251 g/mol. The third-order valence-electron chi connectivity index (χ3n) is 3.83. The number of aryl methyl sites for hydroxylation is 1. The Labute approximate surface area is 108 Å². The van der Waals surface area contributed by atoms with E-state index in [9.17, 15) is 9.50 Å². The first-order valence-electron chi connectivity index (χ1n) is 6.83. The molecule has 0 spiro atoms. The van der Waals surface area contributed by atoms with Gasteiger partial charge in [-0.15, -0.1) is 0 Å². The van der Waals surface area contributed by atoms with E-state index in [4.69, 9.17) is 0 Å². The fourth-order valence-electron chi connectivity index (χ4n) is 2.68. The summed E-state index contributed by atoms with van der Waals surface area (Å²) in [6.45, 7) is 2.78. The van der Waals surface area contributed by atoms with Crippen molar-refractivity contribution in [3.63, 3.8) is 0 Å². The number of aliphatic hydroxyl groups is 1. The molecule has 1 fully saturated rings. The van der Waals surface area contributed by atoms with E-state index >= 15 is 0 Å². The molecule has 2 unspecified atom stereocenters. The van der Waals surface area contributed by atoms with Gasteiger partial charge in [0.05, 0.1) is 6.10 Å². The highest BCUT2D eigenvalue weighted by molar-refractivity contribution is 5.26. The molecule has 1 aromatic rings. The van der Waals surface area contributed by atoms with Crippen LogP contribution in [0.5, 0.6) is 0 Å². The standard InChI is InChI=1S/C15H22FNO/c1-11-10-13(16)7-6-12(11)8-9-17-14-4-2-3-5-15(14)18/h6-7,10,14-15,17-18H,2-5,8-9H2,1H3. The van der Waals surface area contributed by atoms with Crippen molar-refractivity contribution >= 4 is 0 Å². The fourth-order valence-corrected chi connectivity index (χ4v) is 2.68. The molecule has 2 N–H and O–H groups in total. The average molecular weight is 251 g/mol. The highest BCUT2D eigenvalue weighted by Crippen LogP contribution is 2.18. The van der Waals surface area contributed by atoms with Gasteiger partial charge in [-0.2, -0.15) is 0 Å². The molecule has 1 aliphatic carbocycles. The van der Waals surface area contributed by atoms with E-state index in [1.165, 1.54) is 18.1 Å². The Bertz CT molecular complexity index is 394.